The van der Waals surface area contributed by atoms with Gasteiger partial charge in [-0.1, -0.05) is 6.92 Å². The maximum atomic E-state index is 8.36. The van der Waals surface area contributed by atoms with Gasteiger partial charge in [0.15, 0.2) is 0 Å². The molecule has 0 aromatic carbocycles. The first-order chi connectivity index (χ1) is 3.33. The van der Waals surface area contributed by atoms with Gasteiger partial charge in [0.1, 0.15) is 0 Å². The Morgan fingerprint density at radius 1 is 1.86 bits per heavy atom. The Morgan fingerprint density at radius 3 is 2.00 bits per heavy atom. The van der Waals surface area contributed by atoms with Crippen molar-refractivity contribution in [1.82, 2.24) is 0 Å². The van der Waals surface area contributed by atoms with Gasteiger partial charge in [-0.15, -0.1) is 0 Å². The van der Waals surface area contributed by atoms with Crippen LogP contribution in [0.2, 0.25) is 0 Å². The first-order valence-corrected chi connectivity index (χ1v) is 2.65. The molecular formula is C4H10O2S. The molecule has 3 heteroatoms. The van der Waals surface area contributed by atoms with E-state index in [1.165, 1.54) is 6.42 Å². The lowest BCUT2D eigenvalue weighted by Crippen LogP contribution is -1.56. The summed E-state index contributed by atoms with van der Waals surface area (Å²) in [6.45, 7) is 1.85. The second-order valence-electron chi connectivity index (χ2n) is 0.829. The minimum atomic E-state index is -0.250. The highest BCUT2D eigenvalue weighted by Gasteiger charge is 1.57. The summed E-state index contributed by atoms with van der Waals surface area (Å²) in [6, 6.07) is 0. The normalized spacial score (nSPS) is 6.00. The summed E-state index contributed by atoms with van der Waals surface area (Å²) in [5, 5.41) is 6.89. The van der Waals surface area contributed by atoms with E-state index in [4.69, 9.17) is 9.90 Å². The van der Waals surface area contributed by atoms with Crippen molar-refractivity contribution in [3.63, 3.8) is 0 Å². The Labute approximate surface area is 49.0 Å². The van der Waals surface area contributed by atoms with Crippen LogP contribution in [-0.4, -0.2) is 17.3 Å². The van der Waals surface area contributed by atoms with E-state index in [-0.39, 0.29) is 6.47 Å². The number of rotatable bonds is 1. The Bertz CT molecular complexity index is 28.9. The molecule has 0 aliphatic rings. The van der Waals surface area contributed by atoms with Crippen LogP contribution in [0.15, 0.2) is 0 Å². The minimum Gasteiger partial charge on any atom is -0.483 e. The predicted molar refractivity (Wildman–Crippen MR) is 32.8 cm³/mol. The highest BCUT2D eigenvalue weighted by atomic mass is 32.1. The number of carbonyl (C=O) groups is 1. The third-order valence-electron chi connectivity index (χ3n) is 0.224. The van der Waals surface area contributed by atoms with Crippen LogP contribution in [0, 0.1) is 0 Å². The largest absolute Gasteiger partial charge is 0.483 e. The summed E-state index contributed by atoms with van der Waals surface area (Å²) >= 11 is 3.92. The van der Waals surface area contributed by atoms with E-state index in [0.717, 1.165) is 5.75 Å². The molecule has 1 N–H and O–H groups in total. The van der Waals surface area contributed by atoms with E-state index >= 15 is 0 Å². The molecule has 44 valence electrons. The van der Waals surface area contributed by atoms with Gasteiger partial charge in [0.05, 0.1) is 0 Å². The molecular weight excluding hydrogens is 112 g/mol. The molecule has 7 heavy (non-hydrogen) atoms. The lowest BCUT2D eigenvalue weighted by molar-refractivity contribution is -0.122. The van der Waals surface area contributed by atoms with Crippen LogP contribution in [-0.2, 0) is 4.79 Å². The molecule has 0 unspecified atom stereocenters. The number of hydrogen-bond acceptors (Lipinski definition) is 2. The van der Waals surface area contributed by atoms with Gasteiger partial charge in [0.25, 0.3) is 6.47 Å². The van der Waals surface area contributed by atoms with E-state index in [1.807, 2.05) is 0 Å². The zero-order chi connectivity index (χ0) is 6.12. The standard InChI is InChI=1S/C3H8S.CH2O2/c1-2-3-4;2-1-3/h4H,2-3H2,1H3;1H,(H,2,3). The summed E-state index contributed by atoms with van der Waals surface area (Å²) in [4.78, 5) is 8.36. The fourth-order valence-electron chi connectivity index (χ4n) is 0. The van der Waals surface area contributed by atoms with Crippen molar-refractivity contribution in [3.05, 3.63) is 0 Å². The number of carboxylic acid groups (broad SMARTS) is 1. The van der Waals surface area contributed by atoms with E-state index in [0.29, 0.717) is 0 Å². The average Bonchev–Trinajstić information content (AvgIpc) is 1.69. The Balaban J connectivity index is 0. The van der Waals surface area contributed by atoms with Gasteiger partial charge in [0.2, 0.25) is 0 Å². The van der Waals surface area contributed by atoms with Crippen LogP contribution in [0.3, 0.4) is 0 Å². The minimum absolute atomic E-state index is 0.250. The van der Waals surface area contributed by atoms with Crippen LogP contribution in [0.5, 0.6) is 0 Å². The molecule has 0 fully saturated rings. The molecule has 0 amide bonds. The first-order valence-electron chi connectivity index (χ1n) is 2.02. The second kappa shape index (κ2) is 17.0. The topological polar surface area (TPSA) is 37.3 Å². The Kier molecular flexibility index (Phi) is 24.2. The fourth-order valence-corrected chi connectivity index (χ4v) is 0. The zero-order valence-corrected chi connectivity index (χ0v) is 5.19. The van der Waals surface area contributed by atoms with Gasteiger partial charge < -0.3 is 5.11 Å². The second-order valence-corrected chi connectivity index (χ2v) is 1.28. The molecule has 0 saturated carbocycles. The van der Waals surface area contributed by atoms with E-state index in [2.05, 4.69) is 19.6 Å². The summed E-state index contributed by atoms with van der Waals surface area (Å²) in [5.74, 6) is 1.01. The molecule has 0 spiro atoms. The number of hydrogen-bond donors (Lipinski definition) is 2. The van der Waals surface area contributed by atoms with Crippen molar-refractivity contribution < 1.29 is 9.90 Å². The lowest BCUT2D eigenvalue weighted by Gasteiger charge is -1.67. The fraction of sp³-hybridized carbons (Fsp3) is 0.750. The van der Waals surface area contributed by atoms with Crippen LogP contribution < -0.4 is 0 Å². The molecule has 0 radical (unpaired) electrons. The molecule has 0 aromatic heterocycles. The maximum absolute atomic E-state index is 8.36. The van der Waals surface area contributed by atoms with Gasteiger partial charge in [0, 0.05) is 0 Å². The van der Waals surface area contributed by atoms with Crippen LogP contribution in [0.25, 0.3) is 0 Å². The first kappa shape index (κ1) is 9.94. The third-order valence-corrected chi connectivity index (χ3v) is 0.671. The summed E-state index contributed by atoms with van der Waals surface area (Å²) in [5.41, 5.74) is 0. The SMILES string of the molecule is CCCS.O=CO. The van der Waals surface area contributed by atoms with E-state index in [9.17, 15) is 0 Å². The number of thiol groups is 1. The summed E-state index contributed by atoms with van der Waals surface area (Å²) in [7, 11) is 0. The van der Waals surface area contributed by atoms with Gasteiger partial charge in [-0.25, -0.2) is 0 Å². The quantitative estimate of drug-likeness (QED) is 0.402. The van der Waals surface area contributed by atoms with Gasteiger partial charge in [-0.3, -0.25) is 4.79 Å². The molecule has 0 atom stereocenters. The van der Waals surface area contributed by atoms with Crippen molar-refractivity contribution in [2.75, 3.05) is 5.75 Å². The molecule has 0 saturated heterocycles. The lowest BCUT2D eigenvalue weighted by atomic mass is 10.6. The average molecular weight is 122 g/mol. The summed E-state index contributed by atoms with van der Waals surface area (Å²) < 4.78 is 0. The Morgan fingerprint density at radius 2 is 2.00 bits per heavy atom. The van der Waals surface area contributed by atoms with Crippen molar-refractivity contribution in [3.8, 4) is 0 Å². The summed E-state index contributed by atoms with van der Waals surface area (Å²) in [6.07, 6.45) is 1.18. The maximum Gasteiger partial charge on any atom is 0.290 e. The van der Waals surface area contributed by atoms with Gasteiger partial charge in [-0.2, -0.15) is 12.6 Å². The smallest absolute Gasteiger partial charge is 0.290 e. The predicted octanol–water partition coefficient (Wildman–Crippen LogP) is 1.03. The highest BCUT2D eigenvalue weighted by Crippen LogP contribution is 1.74. The van der Waals surface area contributed by atoms with Gasteiger partial charge >= 0.3 is 0 Å². The molecule has 2 nitrogen and oxygen atoms in total. The van der Waals surface area contributed by atoms with Crippen LogP contribution in [0.1, 0.15) is 13.3 Å². The Hall–Kier alpha value is -0.180. The third kappa shape index (κ3) is 126. The van der Waals surface area contributed by atoms with Crippen molar-refractivity contribution in [2.45, 2.75) is 13.3 Å². The molecule has 0 aromatic rings. The van der Waals surface area contributed by atoms with E-state index in [1.54, 1.807) is 0 Å². The highest BCUT2D eigenvalue weighted by molar-refractivity contribution is 7.80. The van der Waals surface area contributed by atoms with Crippen LogP contribution in [0.4, 0.5) is 0 Å². The molecule has 0 aliphatic heterocycles. The molecule has 0 bridgehead atoms. The zero-order valence-electron chi connectivity index (χ0n) is 4.29. The monoisotopic (exact) mass is 122 g/mol. The molecule has 0 heterocycles. The van der Waals surface area contributed by atoms with Crippen LogP contribution >= 0.6 is 12.6 Å². The molecule has 0 aliphatic carbocycles. The van der Waals surface area contributed by atoms with E-state index < -0.39 is 0 Å². The van der Waals surface area contributed by atoms with Crippen molar-refractivity contribution in [1.29, 1.82) is 0 Å². The van der Waals surface area contributed by atoms with Crippen molar-refractivity contribution in [2.24, 2.45) is 0 Å². The van der Waals surface area contributed by atoms with Crippen molar-refractivity contribution >= 4 is 19.1 Å². The molecule has 0 rings (SSSR count). The van der Waals surface area contributed by atoms with Gasteiger partial charge in [-0.05, 0) is 12.2 Å².